The Bertz CT molecular complexity index is 1770. The first kappa shape index (κ1) is 21.3. The molecule has 5 heteroatoms. The fourth-order valence-electron chi connectivity index (χ4n) is 4.94. The molecular weight excluding hydrogens is 456 g/mol. The largest absolute Gasteiger partial charge is 0.507 e. The van der Waals surface area contributed by atoms with E-state index in [9.17, 15) is 9.90 Å². The van der Waals surface area contributed by atoms with Crippen molar-refractivity contribution in [2.45, 2.75) is 6.54 Å². The van der Waals surface area contributed by atoms with Crippen molar-refractivity contribution in [3.63, 3.8) is 0 Å². The van der Waals surface area contributed by atoms with Gasteiger partial charge in [0.15, 0.2) is 0 Å². The van der Waals surface area contributed by atoms with Crippen LogP contribution in [0.4, 0.5) is 0 Å². The maximum Gasteiger partial charge on any atom is 0.249 e. The molecule has 0 bridgehead atoms. The number of phenolic OH excluding ortho intramolecular Hbond substituents is 1. The highest BCUT2D eigenvalue weighted by Gasteiger charge is 2.20. The van der Waals surface area contributed by atoms with Gasteiger partial charge in [-0.2, -0.15) is 0 Å². The maximum absolute atomic E-state index is 12.3. The number of amides is 1. The van der Waals surface area contributed by atoms with Gasteiger partial charge in [-0.15, -0.1) is 0 Å². The number of primary amides is 1. The summed E-state index contributed by atoms with van der Waals surface area (Å²) in [4.78, 5) is 12.3. The zero-order valence-electron chi connectivity index (χ0n) is 18.7. The molecule has 0 radical (unpaired) electrons. The average molecular weight is 477 g/mol. The van der Waals surface area contributed by atoms with Crippen molar-refractivity contribution in [2.24, 2.45) is 5.73 Å². The number of benzene rings is 5. The van der Waals surface area contributed by atoms with E-state index in [-0.39, 0.29) is 5.75 Å². The van der Waals surface area contributed by atoms with E-state index in [0.29, 0.717) is 27.9 Å². The predicted molar refractivity (Wildman–Crippen MR) is 143 cm³/mol. The lowest BCUT2D eigenvalue weighted by atomic mass is 10.0. The Morgan fingerprint density at radius 3 is 2.31 bits per heavy atom. The average Bonchev–Trinajstić information content (AvgIpc) is 3.18. The summed E-state index contributed by atoms with van der Waals surface area (Å²) in [6, 6.07) is 31.4. The molecule has 0 saturated heterocycles. The molecule has 3 N–H and O–H groups in total. The predicted octanol–water partition coefficient (Wildman–Crippen LogP) is 7.12. The maximum atomic E-state index is 12.3. The Balaban J connectivity index is 1.64. The molecule has 1 aromatic heterocycles. The smallest absolute Gasteiger partial charge is 0.249 e. The Morgan fingerprint density at radius 2 is 1.54 bits per heavy atom. The summed E-state index contributed by atoms with van der Waals surface area (Å²) in [5, 5.41) is 15.5. The molecule has 0 aliphatic carbocycles. The highest BCUT2D eigenvalue weighted by Crippen LogP contribution is 2.40. The van der Waals surface area contributed by atoms with E-state index in [0.717, 1.165) is 33.1 Å². The molecule has 6 aromatic rings. The summed E-state index contributed by atoms with van der Waals surface area (Å²) in [6.45, 7) is 0.566. The lowest BCUT2D eigenvalue weighted by molar-refractivity contribution is 0.100. The molecule has 0 spiro atoms. The fraction of sp³-hybridized carbons (Fsp3) is 0.0333. The van der Waals surface area contributed by atoms with E-state index in [2.05, 4.69) is 34.9 Å². The van der Waals surface area contributed by atoms with Crippen molar-refractivity contribution < 1.29 is 9.90 Å². The first-order chi connectivity index (χ1) is 17.0. The second-order valence-corrected chi connectivity index (χ2v) is 9.16. The van der Waals surface area contributed by atoms with Gasteiger partial charge in [0.2, 0.25) is 5.91 Å². The van der Waals surface area contributed by atoms with Gasteiger partial charge >= 0.3 is 0 Å². The number of nitrogens with two attached hydrogens (primary N) is 1. The quantitative estimate of drug-likeness (QED) is 0.284. The van der Waals surface area contributed by atoms with E-state index in [1.807, 2.05) is 54.6 Å². The SMILES string of the molecule is NC(=O)c1cccc2c1c1c(O)cc(-c3ccc(Cl)cc3)cc1n2Cc1ccc2ccccc2c1. The fourth-order valence-corrected chi connectivity index (χ4v) is 5.07. The van der Waals surface area contributed by atoms with Gasteiger partial charge in [-0.25, -0.2) is 0 Å². The monoisotopic (exact) mass is 476 g/mol. The van der Waals surface area contributed by atoms with Crippen LogP contribution in [0.5, 0.6) is 5.75 Å². The van der Waals surface area contributed by atoms with Crippen LogP contribution >= 0.6 is 11.6 Å². The Labute approximate surface area is 206 Å². The van der Waals surface area contributed by atoms with Crippen LogP contribution in [0.3, 0.4) is 0 Å². The van der Waals surface area contributed by atoms with Crippen LogP contribution in [0.1, 0.15) is 15.9 Å². The molecule has 5 aromatic carbocycles. The standard InChI is InChI=1S/C30H21ClN2O2/c31-23-12-10-20(11-13-23)22-15-26-29(27(34)16-22)28-24(30(32)35)6-3-7-25(28)33(26)17-18-8-9-19-4-1-2-5-21(19)14-18/h1-16,34H,17H2,(H2,32,35). The van der Waals surface area contributed by atoms with Crippen LogP contribution in [0.15, 0.2) is 97.1 Å². The van der Waals surface area contributed by atoms with Crippen molar-refractivity contribution in [1.82, 2.24) is 4.57 Å². The third-order valence-electron chi connectivity index (χ3n) is 6.57. The number of phenols is 1. The van der Waals surface area contributed by atoms with E-state index in [4.69, 9.17) is 17.3 Å². The molecule has 0 atom stereocenters. The topological polar surface area (TPSA) is 68.2 Å². The summed E-state index contributed by atoms with van der Waals surface area (Å²) < 4.78 is 2.14. The van der Waals surface area contributed by atoms with Crippen LogP contribution in [-0.4, -0.2) is 15.6 Å². The second kappa shape index (κ2) is 8.19. The van der Waals surface area contributed by atoms with Crippen LogP contribution in [-0.2, 0) is 6.54 Å². The van der Waals surface area contributed by atoms with Crippen LogP contribution < -0.4 is 5.73 Å². The molecule has 0 aliphatic rings. The van der Waals surface area contributed by atoms with Crippen LogP contribution in [0, 0.1) is 0 Å². The minimum absolute atomic E-state index is 0.100. The Morgan fingerprint density at radius 1 is 0.771 bits per heavy atom. The van der Waals surface area contributed by atoms with Gasteiger partial charge in [0.25, 0.3) is 0 Å². The number of halogens is 1. The van der Waals surface area contributed by atoms with Gasteiger partial charge in [-0.3, -0.25) is 4.79 Å². The number of hydrogen-bond acceptors (Lipinski definition) is 2. The van der Waals surface area contributed by atoms with Crippen molar-refractivity contribution in [3.05, 3.63) is 113 Å². The highest BCUT2D eigenvalue weighted by atomic mass is 35.5. The van der Waals surface area contributed by atoms with Gasteiger partial charge in [0.05, 0.1) is 16.4 Å². The minimum atomic E-state index is -0.526. The van der Waals surface area contributed by atoms with Gasteiger partial charge in [-0.05, 0) is 69.9 Å². The number of carbonyl (C=O) groups excluding carboxylic acids is 1. The molecule has 0 saturated carbocycles. The summed E-state index contributed by atoms with van der Waals surface area (Å²) in [7, 11) is 0. The third kappa shape index (κ3) is 3.59. The van der Waals surface area contributed by atoms with Gasteiger partial charge in [-0.1, -0.05) is 66.2 Å². The van der Waals surface area contributed by atoms with Crippen molar-refractivity contribution in [1.29, 1.82) is 0 Å². The molecular formula is C30H21ClN2O2. The molecule has 35 heavy (non-hydrogen) atoms. The molecule has 170 valence electrons. The summed E-state index contributed by atoms with van der Waals surface area (Å²) >= 11 is 6.09. The second-order valence-electron chi connectivity index (χ2n) is 8.73. The number of rotatable bonds is 4. The Hall–Kier alpha value is -4.28. The number of nitrogens with zero attached hydrogens (tertiary/aromatic N) is 1. The summed E-state index contributed by atoms with van der Waals surface area (Å²) in [5.74, 6) is -0.426. The van der Waals surface area contributed by atoms with Gasteiger partial charge in [0.1, 0.15) is 5.75 Å². The lowest BCUT2D eigenvalue weighted by Gasteiger charge is -2.11. The summed E-state index contributed by atoms with van der Waals surface area (Å²) in [6.07, 6.45) is 0. The normalized spacial score (nSPS) is 11.5. The Kier molecular flexibility index (Phi) is 4.97. The first-order valence-electron chi connectivity index (χ1n) is 11.3. The molecule has 1 heterocycles. The lowest BCUT2D eigenvalue weighted by Crippen LogP contribution is -2.11. The van der Waals surface area contributed by atoms with Crippen molar-refractivity contribution in [3.8, 4) is 16.9 Å². The first-order valence-corrected chi connectivity index (χ1v) is 11.7. The number of hydrogen-bond donors (Lipinski definition) is 2. The summed E-state index contributed by atoms with van der Waals surface area (Å²) in [5.41, 5.74) is 10.7. The minimum Gasteiger partial charge on any atom is -0.507 e. The molecule has 0 fully saturated rings. The van der Waals surface area contributed by atoms with E-state index in [1.54, 1.807) is 12.1 Å². The number of aromatic hydroxyl groups is 1. The number of aromatic nitrogens is 1. The van der Waals surface area contributed by atoms with Gasteiger partial charge in [0, 0.05) is 22.5 Å². The van der Waals surface area contributed by atoms with Crippen LogP contribution in [0.2, 0.25) is 5.02 Å². The van der Waals surface area contributed by atoms with Crippen molar-refractivity contribution >= 4 is 50.1 Å². The molecule has 1 amide bonds. The van der Waals surface area contributed by atoms with Gasteiger partial charge < -0.3 is 15.4 Å². The molecule has 0 aliphatic heterocycles. The highest BCUT2D eigenvalue weighted by molar-refractivity contribution is 6.30. The number of carbonyl (C=O) groups is 1. The molecule has 0 unspecified atom stereocenters. The van der Waals surface area contributed by atoms with E-state index >= 15 is 0 Å². The molecule has 6 rings (SSSR count). The van der Waals surface area contributed by atoms with E-state index < -0.39 is 5.91 Å². The zero-order valence-corrected chi connectivity index (χ0v) is 19.5. The third-order valence-corrected chi connectivity index (χ3v) is 6.82. The zero-order chi connectivity index (χ0) is 24.1. The number of fused-ring (bicyclic) bond motifs is 4. The van der Waals surface area contributed by atoms with E-state index in [1.165, 1.54) is 5.39 Å². The molecule has 4 nitrogen and oxygen atoms in total. The van der Waals surface area contributed by atoms with Crippen LogP contribution in [0.25, 0.3) is 43.7 Å². The van der Waals surface area contributed by atoms with Crippen molar-refractivity contribution in [2.75, 3.05) is 0 Å².